The van der Waals surface area contributed by atoms with Gasteiger partial charge in [-0.1, -0.05) is 30.3 Å². The molecule has 1 aromatic rings. The SMILES string of the molecule is CN1C[C@@H](CC2CCOCC2)C[C@H]1C(=O)OCc1ccccc1. The molecular formula is C19H27NO3. The van der Waals surface area contributed by atoms with Crippen LogP contribution in [0.5, 0.6) is 0 Å². The quantitative estimate of drug-likeness (QED) is 0.783. The Morgan fingerprint density at radius 3 is 2.70 bits per heavy atom. The molecule has 126 valence electrons. The summed E-state index contributed by atoms with van der Waals surface area (Å²) < 4.78 is 11.0. The fourth-order valence-corrected chi connectivity index (χ4v) is 3.83. The summed E-state index contributed by atoms with van der Waals surface area (Å²) in [6.07, 6.45) is 4.49. The maximum absolute atomic E-state index is 12.4. The van der Waals surface area contributed by atoms with Crippen LogP contribution < -0.4 is 0 Å². The summed E-state index contributed by atoms with van der Waals surface area (Å²) in [7, 11) is 2.04. The van der Waals surface area contributed by atoms with Gasteiger partial charge in [0.2, 0.25) is 0 Å². The van der Waals surface area contributed by atoms with Gasteiger partial charge in [0.1, 0.15) is 12.6 Å². The third kappa shape index (κ3) is 4.55. The number of carbonyl (C=O) groups is 1. The smallest absolute Gasteiger partial charge is 0.323 e. The molecule has 0 bridgehead atoms. The lowest BCUT2D eigenvalue weighted by atomic mass is 9.88. The fraction of sp³-hybridized carbons (Fsp3) is 0.632. The van der Waals surface area contributed by atoms with Crippen LogP contribution in [-0.4, -0.2) is 43.7 Å². The zero-order chi connectivity index (χ0) is 16.1. The summed E-state index contributed by atoms with van der Waals surface area (Å²) in [5.41, 5.74) is 1.04. The number of hydrogen-bond acceptors (Lipinski definition) is 4. The summed E-state index contributed by atoms with van der Waals surface area (Å²) in [5, 5.41) is 0. The van der Waals surface area contributed by atoms with Crippen molar-refractivity contribution in [1.82, 2.24) is 4.90 Å². The van der Waals surface area contributed by atoms with Gasteiger partial charge in [-0.05, 0) is 50.1 Å². The van der Waals surface area contributed by atoms with E-state index in [9.17, 15) is 4.79 Å². The topological polar surface area (TPSA) is 38.8 Å². The van der Waals surface area contributed by atoms with Gasteiger partial charge >= 0.3 is 5.97 Å². The highest BCUT2D eigenvalue weighted by Gasteiger charge is 2.36. The van der Waals surface area contributed by atoms with Crippen molar-refractivity contribution in [2.24, 2.45) is 11.8 Å². The van der Waals surface area contributed by atoms with Gasteiger partial charge in [-0.3, -0.25) is 9.69 Å². The van der Waals surface area contributed by atoms with E-state index in [1.807, 2.05) is 37.4 Å². The molecule has 2 atom stereocenters. The van der Waals surface area contributed by atoms with Gasteiger partial charge in [0, 0.05) is 19.8 Å². The summed E-state index contributed by atoms with van der Waals surface area (Å²) in [6.45, 7) is 3.17. The van der Waals surface area contributed by atoms with Crippen molar-refractivity contribution in [3.8, 4) is 0 Å². The molecule has 2 saturated heterocycles. The first-order valence-electron chi connectivity index (χ1n) is 8.71. The van der Waals surface area contributed by atoms with E-state index in [1.165, 1.54) is 19.3 Å². The lowest BCUT2D eigenvalue weighted by molar-refractivity contribution is -0.149. The van der Waals surface area contributed by atoms with Gasteiger partial charge in [0.05, 0.1) is 0 Å². The maximum Gasteiger partial charge on any atom is 0.323 e. The van der Waals surface area contributed by atoms with Crippen molar-refractivity contribution in [2.45, 2.75) is 38.3 Å². The minimum absolute atomic E-state index is 0.0779. The highest BCUT2D eigenvalue weighted by molar-refractivity contribution is 5.76. The van der Waals surface area contributed by atoms with Gasteiger partial charge < -0.3 is 9.47 Å². The van der Waals surface area contributed by atoms with E-state index < -0.39 is 0 Å². The standard InChI is InChI=1S/C19H27NO3/c1-20-13-17(11-15-7-9-22-10-8-15)12-18(20)19(21)23-14-16-5-3-2-4-6-16/h2-6,15,17-18H,7-14H2,1H3/t17-,18-/m0/s1. The van der Waals surface area contributed by atoms with Crippen LogP contribution in [0.2, 0.25) is 0 Å². The molecule has 0 amide bonds. The number of nitrogens with zero attached hydrogens (tertiary/aromatic N) is 1. The molecule has 2 heterocycles. The zero-order valence-corrected chi connectivity index (χ0v) is 13.9. The van der Waals surface area contributed by atoms with Crippen LogP contribution in [0.1, 0.15) is 31.2 Å². The molecule has 4 nitrogen and oxygen atoms in total. The first kappa shape index (κ1) is 16.5. The maximum atomic E-state index is 12.4. The second kappa shape index (κ2) is 7.93. The third-order valence-electron chi connectivity index (χ3n) is 5.14. The Morgan fingerprint density at radius 1 is 1.22 bits per heavy atom. The molecular weight excluding hydrogens is 290 g/mol. The summed E-state index contributed by atoms with van der Waals surface area (Å²) in [4.78, 5) is 14.5. The number of ether oxygens (including phenoxy) is 2. The third-order valence-corrected chi connectivity index (χ3v) is 5.14. The first-order valence-corrected chi connectivity index (χ1v) is 8.71. The van der Waals surface area contributed by atoms with Crippen molar-refractivity contribution < 1.29 is 14.3 Å². The van der Waals surface area contributed by atoms with Gasteiger partial charge in [0.25, 0.3) is 0 Å². The highest BCUT2D eigenvalue weighted by Crippen LogP contribution is 2.31. The number of rotatable bonds is 5. The largest absolute Gasteiger partial charge is 0.460 e. The number of likely N-dealkylation sites (tertiary alicyclic amines) is 1. The van der Waals surface area contributed by atoms with Crippen molar-refractivity contribution in [1.29, 1.82) is 0 Å². The minimum atomic E-state index is -0.0800. The number of benzene rings is 1. The Hall–Kier alpha value is -1.39. The lowest BCUT2D eigenvalue weighted by Crippen LogP contribution is -2.34. The van der Waals surface area contributed by atoms with E-state index in [2.05, 4.69) is 4.90 Å². The van der Waals surface area contributed by atoms with E-state index in [4.69, 9.17) is 9.47 Å². The molecule has 0 spiro atoms. The Labute approximate surface area is 138 Å². The number of esters is 1. The molecule has 2 fully saturated rings. The molecule has 23 heavy (non-hydrogen) atoms. The second-order valence-electron chi connectivity index (χ2n) is 6.94. The molecule has 4 heteroatoms. The van der Waals surface area contributed by atoms with E-state index in [0.717, 1.165) is 37.7 Å². The predicted molar refractivity (Wildman–Crippen MR) is 88.9 cm³/mol. The molecule has 0 aromatic heterocycles. The minimum Gasteiger partial charge on any atom is -0.460 e. The number of hydrogen-bond donors (Lipinski definition) is 0. The molecule has 3 rings (SSSR count). The second-order valence-corrected chi connectivity index (χ2v) is 6.94. The van der Waals surface area contributed by atoms with Crippen LogP contribution in [0.4, 0.5) is 0 Å². The molecule has 0 unspecified atom stereocenters. The van der Waals surface area contributed by atoms with Crippen molar-refractivity contribution in [3.05, 3.63) is 35.9 Å². The summed E-state index contributed by atoms with van der Waals surface area (Å²) in [6, 6.07) is 9.79. The first-order chi connectivity index (χ1) is 11.2. The van der Waals surface area contributed by atoms with Crippen LogP contribution in [0.15, 0.2) is 30.3 Å². The Bertz CT molecular complexity index is 499. The van der Waals surface area contributed by atoms with Gasteiger partial charge in [-0.25, -0.2) is 0 Å². The fourth-order valence-electron chi connectivity index (χ4n) is 3.83. The zero-order valence-electron chi connectivity index (χ0n) is 13.9. The Kier molecular flexibility index (Phi) is 5.68. The van der Waals surface area contributed by atoms with E-state index in [0.29, 0.717) is 12.5 Å². The molecule has 1 aromatic carbocycles. The average molecular weight is 317 g/mol. The number of likely N-dealkylation sites (N-methyl/N-ethyl adjacent to an activating group) is 1. The summed E-state index contributed by atoms with van der Waals surface area (Å²) >= 11 is 0. The van der Waals surface area contributed by atoms with Crippen LogP contribution in [0.3, 0.4) is 0 Å². The van der Waals surface area contributed by atoms with E-state index >= 15 is 0 Å². The van der Waals surface area contributed by atoms with Crippen LogP contribution in [-0.2, 0) is 20.9 Å². The number of carbonyl (C=O) groups excluding carboxylic acids is 1. The monoisotopic (exact) mass is 317 g/mol. The van der Waals surface area contributed by atoms with Crippen LogP contribution in [0.25, 0.3) is 0 Å². The van der Waals surface area contributed by atoms with Crippen molar-refractivity contribution >= 4 is 5.97 Å². The molecule has 0 N–H and O–H groups in total. The van der Waals surface area contributed by atoms with Gasteiger partial charge in [0.15, 0.2) is 0 Å². The van der Waals surface area contributed by atoms with Gasteiger partial charge in [-0.15, -0.1) is 0 Å². The van der Waals surface area contributed by atoms with E-state index in [1.54, 1.807) is 0 Å². The van der Waals surface area contributed by atoms with E-state index in [-0.39, 0.29) is 12.0 Å². The molecule has 0 saturated carbocycles. The van der Waals surface area contributed by atoms with Crippen LogP contribution >= 0.6 is 0 Å². The Morgan fingerprint density at radius 2 is 1.96 bits per heavy atom. The van der Waals surface area contributed by atoms with Crippen molar-refractivity contribution in [2.75, 3.05) is 26.8 Å². The highest BCUT2D eigenvalue weighted by atomic mass is 16.5. The normalized spacial score (nSPS) is 26.3. The lowest BCUT2D eigenvalue weighted by Gasteiger charge is -2.24. The molecule has 0 radical (unpaired) electrons. The average Bonchev–Trinajstić information content (AvgIpc) is 2.95. The van der Waals surface area contributed by atoms with Gasteiger partial charge in [-0.2, -0.15) is 0 Å². The van der Waals surface area contributed by atoms with Crippen LogP contribution in [0, 0.1) is 11.8 Å². The molecule has 0 aliphatic carbocycles. The predicted octanol–water partition coefficient (Wildman–Crippen LogP) is 2.87. The Balaban J connectivity index is 1.46. The molecule has 2 aliphatic rings. The summed E-state index contributed by atoms with van der Waals surface area (Å²) in [5.74, 6) is 1.30. The molecule has 2 aliphatic heterocycles. The van der Waals surface area contributed by atoms with Crippen molar-refractivity contribution in [3.63, 3.8) is 0 Å².